The highest BCUT2D eigenvalue weighted by Crippen LogP contribution is 2.26. The number of carboxylic acids is 5. The molecule has 36 nitrogen and oxygen atoms in total. The predicted molar refractivity (Wildman–Crippen MR) is 355 cm³/mol. The number of nitrogens with two attached hydrogens (primary N) is 1. The van der Waals surface area contributed by atoms with Crippen LogP contribution in [0, 0.1) is 11.8 Å². The second-order valence-electron chi connectivity index (χ2n) is 23.0. The number of hydrogen-bond donors (Lipinski definition) is 17. The van der Waals surface area contributed by atoms with Gasteiger partial charge in [-0.3, -0.25) is 86.3 Å². The van der Waals surface area contributed by atoms with Crippen molar-refractivity contribution in [3.63, 3.8) is 0 Å². The zero-order chi connectivity index (χ0) is 75.9. The highest BCUT2D eigenvalue weighted by atomic mass is 16.4. The summed E-state index contributed by atoms with van der Waals surface area (Å²) in [6.07, 6.45) is -7.43. The first kappa shape index (κ1) is 80.6. The van der Waals surface area contributed by atoms with E-state index in [1.807, 2.05) is 37.2 Å². The van der Waals surface area contributed by atoms with Crippen LogP contribution in [0.4, 0.5) is 5.69 Å². The smallest absolute Gasteiger partial charge is 0.305 e. The zero-order valence-corrected chi connectivity index (χ0v) is 55.0. The summed E-state index contributed by atoms with van der Waals surface area (Å²) >= 11 is 0. The molecule has 546 valence electrons. The normalized spacial score (nSPS) is 13.4. The molecule has 8 atom stereocenters. The van der Waals surface area contributed by atoms with E-state index in [-0.39, 0.29) is 25.8 Å². The van der Waals surface area contributed by atoms with Gasteiger partial charge in [-0.15, -0.1) is 0 Å². The van der Waals surface area contributed by atoms with Gasteiger partial charge in [0, 0.05) is 36.8 Å². The van der Waals surface area contributed by atoms with E-state index in [1.54, 1.807) is 116 Å². The highest BCUT2D eigenvalue weighted by molar-refractivity contribution is 6.02. The van der Waals surface area contributed by atoms with E-state index in [0.717, 1.165) is 0 Å². The molecule has 36 heteroatoms. The van der Waals surface area contributed by atoms with E-state index in [0.29, 0.717) is 33.5 Å². The third kappa shape index (κ3) is 27.6. The molecule has 4 aromatic rings. The van der Waals surface area contributed by atoms with Gasteiger partial charge in [0.2, 0.25) is 76.8 Å². The number of anilines is 1. The largest absolute Gasteiger partial charge is 0.481 e. The van der Waals surface area contributed by atoms with Gasteiger partial charge in [0.05, 0.1) is 64.0 Å². The van der Waals surface area contributed by atoms with Crippen molar-refractivity contribution >= 4 is 112 Å². The average molecular weight is 1430 g/mol. The van der Waals surface area contributed by atoms with E-state index in [9.17, 15) is 112 Å². The molecule has 1 aliphatic heterocycles. The molecule has 0 aromatic heterocycles. The van der Waals surface area contributed by atoms with Crippen molar-refractivity contribution in [2.45, 2.75) is 126 Å². The number of carboxylic acid groups (broad SMARTS) is 5. The standard InChI is InChI=1S/C67H75N13O23/c1-2-41(60(68)96)74-62(98)42(25-36-13-5-3-6-14-36)75-63(99)43(26-37-15-7-4-8-16-37)76-66(102)47(30-58(92)93)79-67(103)48(31-59(94)95)78-65(101)46(29-57(90)91)73-53(84)34-70-51(82)32-69-52(83)33-71-61(97)44(27-55(86)87)77-64(100)45(28-56(88)89)72-50(81)23-24-54(85)80-35-40-19-10-9-17-38(40)21-22-39-18-11-12-20-49(39)80/h3-20,41-48H,2,23-35H2,1H3,(H2,68,96)(H,69,83)(H,70,82)(H,71,97)(H,72,81)(H,73,84)(H,74,98)(H,75,99)(H,76,102)(H,77,100)(H,78,101)(H,79,103)(H,86,87)(H,88,89)(H,90,91)(H,92,93)(H,94,95)/t41-,42-,43-,44-,45-,46-,47-,48-/m0/s1. The van der Waals surface area contributed by atoms with Gasteiger partial charge in [0.25, 0.3) is 0 Å². The second kappa shape index (κ2) is 40.1. The summed E-state index contributed by atoms with van der Waals surface area (Å²) in [7, 11) is 0. The molecule has 0 fully saturated rings. The first-order valence-corrected chi connectivity index (χ1v) is 31.6. The fraction of sp³-hybridized carbons (Fsp3) is 0.343. The van der Waals surface area contributed by atoms with Crippen LogP contribution in [0.2, 0.25) is 0 Å². The Labute approximate surface area is 585 Å². The van der Waals surface area contributed by atoms with Crippen molar-refractivity contribution in [3.8, 4) is 11.8 Å². The molecule has 0 saturated carbocycles. The van der Waals surface area contributed by atoms with Gasteiger partial charge < -0.3 is 94.7 Å². The van der Waals surface area contributed by atoms with Crippen LogP contribution in [0.5, 0.6) is 0 Å². The van der Waals surface area contributed by atoms with Crippen LogP contribution < -0.4 is 69.1 Å². The summed E-state index contributed by atoms with van der Waals surface area (Å²) in [5.41, 5.74) is 8.77. The molecule has 103 heavy (non-hydrogen) atoms. The van der Waals surface area contributed by atoms with Crippen molar-refractivity contribution in [1.29, 1.82) is 0 Å². The SMILES string of the molecule is CC[C@H](NC(=O)[C@H](Cc1ccccc1)NC(=O)[C@H](Cc1ccccc1)NC(=O)[C@H](CC(=O)O)NC(=O)[C@H](CC(=O)O)NC(=O)[C@H](CC(=O)O)NC(=O)CNC(=O)CNC(=O)CNC(=O)[C@H](CC(=O)O)NC(=O)[C@H](CC(=O)O)NC(=O)CCC(=O)N1Cc2ccccc2C#Cc2ccccc21)C(N)=O. The number of fused-ring (bicyclic) bond motifs is 2. The van der Waals surface area contributed by atoms with Crippen LogP contribution >= 0.6 is 0 Å². The molecular formula is C67H75N13O23. The molecule has 1 aliphatic rings. The van der Waals surface area contributed by atoms with E-state index >= 15 is 0 Å². The number of amides is 13. The van der Waals surface area contributed by atoms with E-state index in [1.165, 1.54) is 4.90 Å². The summed E-state index contributed by atoms with van der Waals surface area (Å²) in [4.78, 5) is 234. The number of nitrogens with zero attached hydrogens (tertiary/aromatic N) is 1. The molecule has 4 aromatic carbocycles. The molecule has 13 amide bonds. The Morgan fingerprint density at radius 1 is 0.379 bits per heavy atom. The number of aliphatic carboxylic acids is 5. The van der Waals surface area contributed by atoms with Crippen LogP contribution in [-0.2, 0) is 106 Å². The molecular weight excluding hydrogens is 1350 g/mol. The lowest BCUT2D eigenvalue weighted by molar-refractivity contribution is -0.144. The number of rotatable bonds is 40. The molecule has 1 heterocycles. The van der Waals surface area contributed by atoms with Gasteiger partial charge in [-0.05, 0) is 41.3 Å². The molecule has 18 N–H and O–H groups in total. The Hall–Kier alpha value is -13.1. The van der Waals surface area contributed by atoms with Crippen molar-refractivity contribution in [2.75, 3.05) is 24.5 Å². The van der Waals surface area contributed by atoms with Crippen LogP contribution in [-0.4, -0.2) is 200 Å². The third-order valence-corrected chi connectivity index (χ3v) is 15.1. The van der Waals surface area contributed by atoms with Gasteiger partial charge in [-0.1, -0.05) is 110 Å². The lowest BCUT2D eigenvalue weighted by Crippen LogP contribution is -2.60. The third-order valence-electron chi connectivity index (χ3n) is 15.1. The maximum absolute atomic E-state index is 14.2. The number of carbonyl (C=O) groups is 18. The Morgan fingerprint density at radius 3 is 1.16 bits per heavy atom. The van der Waals surface area contributed by atoms with Crippen molar-refractivity contribution in [3.05, 3.63) is 137 Å². The predicted octanol–water partition coefficient (Wildman–Crippen LogP) is -4.31. The maximum Gasteiger partial charge on any atom is 0.305 e. The number of primary amides is 1. The van der Waals surface area contributed by atoms with Crippen molar-refractivity contribution in [1.82, 2.24) is 58.5 Å². The maximum atomic E-state index is 14.2. The summed E-state index contributed by atoms with van der Waals surface area (Å²) in [6, 6.07) is 15.4. The van der Waals surface area contributed by atoms with E-state index in [2.05, 4.69) is 33.1 Å². The lowest BCUT2D eigenvalue weighted by atomic mass is 10.0. The summed E-state index contributed by atoms with van der Waals surface area (Å²) in [5.74, 6) is -17.4. The lowest BCUT2D eigenvalue weighted by Gasteiger charge is -2.27. The highest BCUT2D eigenvalue weighted by Gasteiger charge is 2.37. The fourth-order valence-electron chi connectivity index (χ4n) is 9.89. The first-order valence-electron chi connectivity index (χ1n) is 31.6. The molecule has 0 aliphatic carbocycles. The van der Waals surface area contributed by atoms with Crippen molar-refractivity contribution < 1.29 is 112 Å². The number of benzene rings is 4. The van der Waals surface area contributed by atoms with Crippen LogP contribution in [0.3, 0.4) is 0 Å². The Morgan fingerprint density at radius 2 is 0.718 bits per heavy atom. The monoisotopic (exact) mass is 1430 g/mol. The van der Waals surface area contributed by atoms with Crippen LogP contribution in [0.25, 0.3) is 0 Å². The van der Waals surface area contributed by atoms with Gasteiger partial charge in [-0.25, -0.2) is 0 Å². The Bertz CT molecular complexity index is 3940. The minimum Gasteiger partial charge on any atom is -0.481 e. The number of para-hydroxylation sites is 1. The Balaban J connectivity index is 1.15. The van der Waals surface area contributed by atoms with E-state index < -0.39 is 220 Å². The quantitative estimate of drug-likeness (QED) is 0.0187. The Kier molecular flexibility index (Phi) is 31.4. The molecule has 0 unspecified atom stereocenters. The minimum absolute atomic E-state index is 0.0762. The molecule has 0 radical (unpaired) electrons. The topological polar surface area (TPSA) is 570 Å². The van der Waals surface area contributed by atoms with Crippen LogP contribution in [0.15, 0.2) is 109 Å². The second-order valence-corrected chi connectivity index (χ2v) is 23.0. The number of nitrogens with one attached hydrogen (secondary N) is 11. The van der Waals surface area contributed by atoms with Gasteiger partial charge in [0.15, 0.2) is 0 Å². The molecule has 0 bridgehead atoms. The minimum atomic E-state index is -2.26. The van der Waals surface area contributed by atoms with Crippen LogP contribution in [0.1, 0.15) is 86.1 Å². The summed E-state index contributed by atoms with van der Waals surface area (Å²) in [6.45, 7) is -1.37. The zero-order valence-electron chi connectivity index (χ0n) is 55.0. The summed E-state index contributed by atoms with van der Waals surface area (Å²) < 4.78 is 0. The van der Waals surface area contributed by atoms with Gasteiger partial charge in [-0.2, -0.15) is 0 Å². The van der Waals surface area contributed by atoms with E-state index in [4.69, 9.17) is 5.73 Å². The van der Waals surface area contributed by atoms with Gasteiger partial charge >= 0.3 is 29.8 Å². The fourth-order valence-corrected chi connectivity index (χ4v) is 9.89. The molecule has 0 spiro atoms. The average Bonchev–Trinajstić information content (AvgIpc) is 0.806. The van der Waals surface area contributed by atoms with Gasteiger partial charge in [0.1, 0.15) is 48.3 Å². The van der Waals surface area contributed by atoms with Crippen molar-refractivity contribution in [2.24, 2.45) is 5.73 Å². The molecule has 0 saturated heterocycles. The molecule has 5 rings (SSSR count). The first-order chi connectivity index (χ1) is 48.9. The number of hydrogen-bond acceptors (Lipinski definition) is 18. The summed E-state index contributed by atoms with van der Waals surface area (Å²) in [5, 5.41) is 71.9. The number of carbonyl (C=O) groups excluding carboxylic acids is 13.